The Labute approximate surface area is 95.6 Å². The van der Waals surface area contributed by atoms with Crippen LogP contribution in [0, 0.1) is 0 Å². The summed E-state index contributed by atoms with van der Waals surface area (Å²) in [6.45, 7) is 0. The molecule has 1 aliphatic rings. The Balaban J connectivity index is 2.47. The van der Waals surface area contributed by atoms with Gasteiger partial charge in [-0.05, 0) is 11.6 Å². The van der Waals surface area contributed by atoms with E-state index >= 15 is 0 Å². The first-order valence-electron chi connectivity index (χ1n) is 4.96. The number of methoxy groups -OCH3 is 1. The van der Waals surface area contributed by atoms with Crippen LogP contribution in [-0.2, 0) is 4.79 Å². The number of hydrogen-bond acceptors (Lipinski definition) is 2. The van der Waals surface area contributed by atoms with E-state index in [1.807, 2.05) is 0 Å². The van der Waals surface area contributed by atoms with E-state index in [1.165, 1.54) is 25.3 Å². The van der Waals surface area contributed by atoms with Gasteiger partial charge in [0.2, 0.25) is 5.91 Å². The first-order valence-corrected chi connectivity index (χ1v) is 4.96. The predicted octanol–water partition coefficient (Wildman–Crippen LogP) is 2.68. The van der Waals surface area contributed by atoms with Crippen molar-refractivity contribution in [2.45, 2.75) is 18.5 Å². The normalized spacial score (nSPS) is 19.5. The number of fused-ring (bicyclic) bond motifs is 1. The van der Waals surface area contributed by atoms with Crippen LogP contribution < -0.4 is 10.1 Å². The smallest absolute Gasteiger partial charge is 0.396 e. The van der Waals surface area contributed by atoms with Crippen LogP contribution in [0.15, 0.2) is 18.2 Å². The summed E-state index contributed by atoms with van der Waals surface area (Å²) in [7, 11) is 1.41. The number of benzene rings is 1. The zero-order chi connectivity index (χ0) is 12.6. The average molecular weight is 245 g/mol. The molecule has 1 heterocycles. The van der Waals surface area contributed by atoms with E-state index in [0.29, 0.717) is 5.75 Å². The highest BCUT2D eigenvalue weighted by Gasteiger charge is 2.45. The summed E-state index contributed by atoms with van der Waals surface area (Å²) in [5.41, 5.74) is 0.251. The second-order valence-corrected chi connectivity index (χ2v) is 3.80. The van der Waals surface area contributed by atoms with Crippen molar-refractivity contribution in [2.75, 3.05) is 12.4 Å². The van der Waals surface area contributed by atoms with Gasteiger partial charge in [0.15, 0.2) is 0 Å². The molecule has 0 fully saturated rings. The lowest BCUT2D eigenvalue weighted by atomic mass is 9.90. The number of carbonyl (C=O) groups excluding carboxylic acids is 1. The maximum absolute atomic E-state index is 12.8. The zero-order valence-corrected chi connectivity index (χ0v) is 8.97. The Kier molecular flexibility index (Phi) is 2.73. The summed E-state index contributed by atoms with van der Waals surface area (Å²) in [5.74, 6) is -1.96. The summed E-state index contributed by atoms with van der Waals surface area (Å²) in [6.07, 6.45) is -4.98. The van der Waals surface area contributed by atoms with E-state index in [-0.39, 0.29) is 11.3 Å². The first kappa shape index (κ1) is 11.8. The van der Waals surface area contributed by atoms with Gasteiger partial charge in [-0.2, -0.15) is 13.2 Å². The van der Waals surface area contributed by atoms with E-state index in [0.717, 1.165) is 0 Å². The molecule has 1 unspecified atom stereocenters. The molecule has 0 aliphatic carbocycles. The van der Waals surface area contributed by atoms with Crippen LogP contribution in [0.5, 0.6) is 5.75 Å². The number of rotatable bonds is 1. The number of halogens is 3. The molecule has 6 heteroatoms. The molecule has 3 nitrogen and oxygen atoms in total. The Morgan fingerprint density at radius 3 is 2.71 bits per heavy atom. The average Bonchev–Trinajstić information content (AvgIpc) is 2.25. The van der Waals surface area contributed by atoms with Gasteiger partial charge < -0.3 is 10.1 Å². The molecular formula is C11H10F3NO2. The van der Waals surface area contributed by atoms with Crippen molar-refractivity contribution in [3.8, 4) is 5.75 Å². The lowest BCUT2D eigenvalue weighted by Gasteiger charge is -2.27. The van der Waals surface area contributed by atoms with Crippen LogP contribution in [0.2, 0.25) is 0 Å². The molecule has 0 bridgehead atoms. The lowest BCUT2D eigenvalue weighted by molar-refractivity contribution is -0.156. The Morgan fingerprint density at radius 2 is 2.12 bits per heavy atom. The summed E-state index contributed by atoms with van der Waals surface area (Å²) in [5, 5.41) is 2.42. The van der Waals surface area contributed by atoms with Crippen molar-refractivity contribution in [1.82, 2.24) is 0 Å². The minimum Gasteiger partial charge on any atom is -0.497 e. The molecule has 0 radical (unpaired) electrons. The van der Waals surface area contributed by atoms with Crippen molar-refractivity contribution in [3.05, 3.63) is 23.8 Å². The summed E-state index contributed by atoms with van der Waals surface area (Å²) >= 11 is 0. The fraction of sp³-hybridized carbons (Fsp3) is 0.364. The van der Waals surface area contributed by atoms with Crippen molar-refractivity contribution in [3.63, 3.8) is 0 Å². The Morgan fingerprint density at radius 1 is 1.41 bits per heavy atom. The van der Waals surface area contributed by atoms with Crippen LogP contribution in [0.25, 0.3) is 0 Å². The monoisotopic (exact) mass is 245 g/mol. The highest BCUT2D eigenvalue weighted by molar-refractivity contribution is 5.95. The molecule has 1 aliphatic heterocycles. The second-order valence-electron chi connectivity index (χ2n) is 3.80. The van der Waals surface area contributed by atoms with Gasteiger partial charge in [-0.15, -0.1) is 0 Å². The van der Waals surface area contributed by atoms with Gasteiger partial charge in [-0.25, -0.2) is 0 Å². The van der Waals surface area contributed by atoms with Crippen LogP contribution in [0.4, 0.5) is 18.9 Å². The Hall–Kier alpha value is -1.72. The van der Waals surface area contributed by atoms with Gasteiger partial charge in [-0.3, -0.25) is 4.79 Å². The fourth-order valence-electron chi connectivity index (χ4n) is 1.86. The van der Waals surface area contributed by atoms with Gasteiger partial charge in [-0.1, -0.05) is 6.07 Å². The van der Waals surface area contributed by atoms with E-state index in [9.17, 15) is 18.0 Å². The quantitative estimate of drug-likeness (QED) is 0.826. The third-order valence-electron chi connectivity index (χ3n) is 2.69. The molecule has 1 aromatic rings. The van der Waals surface area contributed by atoms with E-state index in [4.69, 9.17) is 4.74 Å². The number of nitrogens with one attached hydrogen (secondary N) is 1. The summed E-state index contributed by atoms with van der Waals surface area (Å²) < 4.78 is 43.2. The lowest BCUT2D eigenvalue weighted by Crippen LogP contribution is -2.31. The van der Waals surface area contributed by atoms with Gasteiger partial charge in [0.1, 0.15) is 5.75 Å². The largest absolute Gasteiger partial charge is 0.497 e. The van der Waals surface area contributed by atoms with E-state index < -0.39 is 24.4 Å². The molecule has 0 saturated carbocycles. The summed E-state index contributed by atoms with van der Waals surface area (Å²) in [6, 6.07) is 4.19. The molecule has 17 heavy (non-hydrogen) atoms. The van der Waals surface area contributed by atoms with Crippen molar-refractivity contribution in [1.29, 1.82) is 0 Å². The number of amides is 1. The molecule has 0 aromatic heterocycles. The summed E-state index contributed by atoms with van der Waals surface area (Å²) in [4.78, 5) is 11.2. The van der Waals surface area contributed by atoms with Gasteiger partial charge in [0, 0.05) is 18.2 Å². The predicted molar refractivity (Wildman–Crippen MR) is 55.0 cm³/mol. The molecule has 1 amide bonds. The molecule has 92 valence electrons. The number of alkyl halides is 3. The van der Waals surface area contributed by atoms with Crippen molar-refractivity contribution >= 4 is 11.6 Å². The van der Waals surface area contributed by atoms with Crippen LogP contribution >= 0.6 is 0 Å². The van der Waals surface area contributed by atoms with Crippen molar-refractivity contribution < 1.29 is 22.7 Å². The van der Waals surface area contributed by atoms with Crippen molar-refractivity contribution in [2.24, 2.45) is 0 Å². The molecule has 0 spiro atoms. The molecule has 1 N–H and O–H groups in total. The van der Waals surface area contributed by atoms with Gasteiger partial charge in [0.25, 0.3) is 0 Å². The highest BCUT2D eigenvalue weighted by Crippen LogP contribution is 2.44. The number of hydrogen-bond donors (Lipinski definition) is 1. The first-order chi connectivity index (χ1) is 7.91. The number of carbonyl (C=O) groups is 1. The maximum atomic E-state index is 12.8. The minimum atomic E-state index is -4.42. The SMILES string of the molecule is COc1ccc2c(c1)NC(=O)CC2C(F)(F)F. The van der Waals surface area contributed by atoms with Crippen LogP contribution in [0.1, 0.15) is 17.9 Å². The van der Waals surface area contributed by atoms with E-state index in [2.05, 4.69) is 5.32 Å². The van der Waals surface area contributed by atoms with E-state index in [1.54, 1.807) is 0 Å². The van der Waals surface area contributed by atoms with Crippen LogP contribution in [0.3, 0.4) is 0 Å². The topological polar surface area (TPSA) is 38.3 Å². The molecular weight excluding hydrogens is 235 g/mol. The maximum Gasteiger partial charge on any atom is 0.396 e. The fourth-order valence-corrected chi connectivity index (χ4v) is 1.86. The number of anilines is 1. The third-order valence-corrected chi connectivity index (χ3v) is 2.69. The number of ether oxygens (including phenoxy) is 1. The minimum absolute atomic E-state index is 0.0814. The highest BCUT2D eigenvalue weighted by atomic mass is 19.4. The molecule has 1 atom stereocenters. The molecule has 0 saturated heterocycles. The van der Waals surface area contributed by atoms with Gasteiger partial charge >= 0.3 is 6.18 Å². The van der Waals surface area contributed by atoms with Gasteiger partial charge in [0.05, 0.1) is 13.0 Å². The van der Waals surface area contributed by atoms with Crippen LogP contribution in [-0.4, -0.2) is 19.2 Å². The Bertz CT molecular complexity index is 457. The molecule has 2 rings (SSSR count). The third kappa shape index (κ3) is 2.20. The molecule has 1 aromatic carbocycles. The zero-order valence-electron chi connectivity index (χ0n) is 8.97. The standard InChI is InChI=1S/C11H10F3NO2/c1-17-6-2-3-7-8(11(12,13)14)5-10(16)15-9(7)4-6/h2-4,8H,5H2,1H3,(H,15,16). The second kappa shape index (κ2) is 3.94.